The summed E-state index contributed by atoms with van der Waals surface area (Å²) < 4.78 is 16.2. The number of hydrogen-bond acceptors (Lipinski definition) is 4. The van der Waals surface area contributed by atoms with Crippen LogP contribution in [-0.4, -0.2) is 25.9 Å². The Balaban J connectivity index is 2.04. The van der Waals surface area contributed by atoms with E-state index in [4.69, 9.17) is 14.2 Å². The highest BCUT2D eigenvalue weighted by molar-refractivity contribution is 5.51. The molecule has 4 heteroatoms. The van der Waals surface area contributed by atoms with E-state index in [0.717, 1.165) is 23.3 Å². The molecule has 0 fully saturated rings. The maximum atomic E-state index is 10.7. The Labute approximate surface area is 123 Å². The average molecular weight is 286 g/mol. The molecule has 1 unspecified atom stereocenters. The maximum absolute atomic E-state index is 10.7. The highest BCUT2D eigenvalue weighted by Gasteiger charge is 2.22. The molecule has 110 valence electrons. The van der Waals surface area contributed by atoms with Crippen LogP contribution >= 0.6 is 0 Å². The highest BCUT2D eigenvalue weighted by Crippen LogP contribution is 2.38. The van der Waals surface area contributed by atoms with Crippen molar-refractivity contribution in [1.29, 1.82) is 0 Å². The summed E-state index contributed by atoms with van der Waals surface area (Å²) in [6.07, 6.45) is 0.0703. The second-order valence-electron chi connectivity index (χ2n) is 4.94. The van der Waals surface area contributed by atoms with Gasteiger partial charge in [0, 0.05) is 6.42 Å². The van der Waals surface area contributed by atoms with Crippen molar-refractivity contribution in [1.82, 2.24) is 0 Å². The summed E-state index contributed by atoms with van der Waals surface area (Å²) >= 11 is 0. The third-order valence-corrected chi connectivity index (χ3v) is 3.77. The van der Waals surface area contributed by atoms with Gasteiger partial charge in [-0.1, -0.05) is 12.1 Å². The molecule has 0 saturated carbocycles. The first-order valence-corrected chi connectivity index (χ1v) is 6.89. The van der Waals surface area contributed by atoms with Gasteiger partial charge in [0.1, 0.15) is 23.4 Å². The third kappa shape index (κ3) is 2.43. The summed E-state index contributed by atoms with van der Waals surface area (Å²) in [5.74, 6) is 2.12. The average Bonchev–Trinajstić information content (AvgIpc) is 3.00. The Bertz CT molecular complexity index is 629. The lowest BCUT2D eigenvalue weighted by atomic mass is 9.97. The lowest BCUT2D eigenvalue weighted by Gasteiger charge is -2.18. The number of benzene rings is 2. The highest BCUT2D eigenvalue weighted by atomic mass is 16.5. The molecule has 0 aliphatic carbocycles. The molecule has 4 nitrogen and oxygen atoms in total. The van der Waals surface area contributed by atoms with Crippen molar-refractivity contribution in [2.75, 3.05) is 20.8 Å². The van der Waals surface area contributed by atoms with Crippen molar-refractivity contribution in [3.05, 3.63) is 53.1 Å². The van der Waals surface area contributed by atoms with E-state index in [9.17, 15) is 5.11 Å². The van der Waals surface area contributed by atoms with Gasteiger partial charge in [0.25, 0.3) is 0 Å². The van der Waals surface area contributed by atoms with Gasteiger partial charge in [-0.25, -0.2) is 0 Å². The molecule has 2 aromatic rings. The number of rotatable bonds is 4. The van der Waals surface area contributed by atoms with Crippen LogP contribution in [0.15, 0.2) is 36.4 Å². The van der Waals surface area contributed by atoms with Gasteiger partial charge in [-0.3, -0.25) is 0 Å². The standard InChI is InChI=1S/C17H18O4/c1-19-14-4-3-5-15(20-2)16(14)17(18)12-6-7-13-11(10-12)8-9-21-13/h3-7,10,17-18H,8-9H2,1-2H3. The number of methoxy groups -OCH3 is 2. The Morgan fingerprint density at radius 1 is 1.10 bits per heavy atom. The van der Waals surface area contributed by atoms with E-state index in [1.807, 2.05) is 36.4 Å². The summed E-state index contributed by atoms with van der Waals surface area (Å²) in [5.41, 5.74) is 2.57. The molecular formula is C17H18O4. The Morgan fingerprint density at radius 2 is 1.81 bits per heavy atom. The fourth-order valence-electron chi connectivity index (χ4n) is 2.69. The fraction of sp³-hybridized carbons (Fsp3) is 0.294. The topological polar surface area (TPSA) is 47.9 Å². The quantitative estimate of drug-likeness (QED) is 0.939. The van der Waals surface area contributed by atoms with Crippen LogP contribution in [0.2, 0.25) is 0 Å². The molecule has 1 heterocycles. The van der Waals surface area contributed by atoms with Crippen LogP contribution in [0, 0.1) is 0 Å². The second kappa shape index (κ2) is 5.66. The number of aliphatic hydroxyl groups excluding tert-OH is 1. The van der Waals surface area contributed by atoms with Crippen LogP contribution in [0.25, 0.3) is 0 Å². The molecule has 0 bridgehead atoms. The minimum atomic E-state index is -0.804. The van der Waals surface area contributed by atoms with Crippen molar-refractivity contribution in [2.24, 2.45) is 0 Å². The molecule has 21 heavy (non-hydrogen) atoms. The van der Waals surface area contributed by atoms with Gasteiger partial charge in [0.15, 0.2) is 0 Å². The van der Waals surface area contributed by atoms with Gasteiger partial charge in [-0.15, -0.1) is 0 Å². The minimum absolute atomic E-state index is 0.610. The zero-order chi connectivity index (χ0) is 14.8. The second-order valence-corrected chi connectivity index (χ2v) is 4.94. The van der Waals surface area contributed by atoms with Gasteiger partial charge in [0.2, 0.25) is 0 Å². The van der Waals surface area contributed by atoms with E-state index in [1.165, 1.54) is 0 Å². The molecule has 0 spiro atoms. The molecule has 1 aliphatic rings. The SMILES string of the molecule is COc1cccc(OC)c1C(O)c1ccc2c(c1)CCO2. The summed E-state index contributed by atoms with van der Waals surface area (Å²) in [6.45, 7) is 0.701. The van der Waals surface area contributed by atoms with Crippen LogP contribution in [0.1, 0.15) is 22.8 Å². The largest absolute Gasteiger partial charge is 0.496 e. The summed E-state index contributed by atoms with van der Waals surface area (Å²) in [5, 5.41) is 10.7. The van der Waals surface area contributed by atoms with E-state index >= 15 is 0 Å². The lowest BCUT2D eigenvalue weighted by Crippen LogP contribution is -2.05. The van der Waals surface area contributed by atoms with Crippen molar-refractivity contribution >= 4 is 0 Å². The van der Waals surface area contributed by atoms with Crippen molar-refractivity contribution < 1.29 is 19.3 Å². The van der Waals surface area contributed by atoms with Gasteiger partial charge >= 0.3 is 0 Å². The third-order valence-electron chi connectivity index (χ3n) is 3.77. The number of ether oxygens (including phenoxy) is 3. The van der Waals surface area contributed by atoms with E-state index in [1.54, 1.807) is 14.2 Å². The maximum Gasteiger partial charge on any atom is 0.128 e. The Morgan fingerprint density at radius 3 is 2.48 bits per heavy atom. The summed E-state index contributed by atoms with van der Waals surface area (Å²) in [4.78, 5) is 0. The zero-order valence-electron chi connectivity index (χ0n) is 12.1. The Hall–Kier alpha value is -2.20. The first-order chi connectivity index (χ1) is 10.2. The molecule has 0 amide bonds. The van der Waals surface area contributed by atoms with Gasteiger partial charge in [-0.2, -0.15) is 0 Å². The van der Waals surface area contributed by atoms with Crippen molar-refractivity contribution in [2.45, 2.75) is 12.5 Å². The van der Waals surface area contributed by atoms with Gasteiger partial charge in [0.05, 0.1) is 26.4 Å². The fourth-order valence-corrected chi connectivity index (χ4v) is 2.69. The van der Waals surface area contributed by atoms with Crippen LogP contribution in [0.4, 0.5) is 0 Å². The van der Waals surface area contributed by atoms with Gasteiger partial charge < -0.3 is 19.3 Å². The summed E-state index contributed by atoms with van der Waals surface area (Å²) in [6, 6.07) is 11.2. The van der Waals surface area contributed by atoms with E-state index < -0.39 is 6.10 Å². The smallest absolute Gasteiger partial charge is 0.128 e. The predicted molar refractivity (Wildman–Crippen MR) is 79.2 cm³/mol. The molecule has 0 radical (unpaired) electrons. The number of hydrogen-bond donors (Lipinski definition) is 1. The zero-order valence-corrected chi connectivity index (χ0v) is 12.1. The first kappa shape index (κ1) is 13.8. The minimum Gasteiger partial charge on any atom is -0.496 e. The number of aliphatic hydroxyl groups is 1. The number of fused-ring (bicyclic) bond motifs is 1. The molecule has 3 rings (SSSR count). The van der Waals surface area contributed by atoms with Crippen LogP contribution in [0.3, 0.4) is 0 Å². The molecule has 2 aromatic carbocycles. The molecule has 1 aliphatic heterocycles. The van der Waals surface area contributed by atoms with Crippen LogP contribution in [-0.2, 0) is 6.42 Å². The molecule has 1 atom stereocenters. The molecular weight excluding hydrogens is 268 g/mol. The lowest BCUT2D eigenvalue weighted by molar-refractivity contribution is 0.208. The van der Waals surface area contributed by atoms with E-state index in [2.05, 4.69) is 0 Å². The first-order valence-electron chi connectivity index (χ1n) is 6.89. The predicted octanol–water partition coefficient (Wildman–Crippen LogP) is 2.72. The molecule has 0 saturated heterocycles. The summed E-state index contributed by atoms with van der Waals surface area (Å²) in [7, 11) is 3.17. The normalized spacial score (nSPS) is 14.2. The Kier molecular flexibility index (Phi) is 3.71. The molecule has 0 aromatic heterocycles. The monoisotopic (exact) mass is 286 g/mol. The molecule has 1 N–H and O–H groups in total. The van der Waals surface area contributed by atoms with Crippen LogP contribution < -0.4 is 14.2 Å². The van der Waals surface area contributed by atoms with E-state index in [-0.39, 0.29) is 0 Å². The van der Waals surface area contributed by atoms with Crippen molar-refractivity contribution in [3.8, 4) is 17.2 Å². The van der Waals surface area contributed by atoms with Gasteiger partial charge in [-0.05, 0) is 35.4 Å². The van der Waals surface area contributed by atoms with E-state index in [0.29, 0.717) is 23.7 Å². The van der Waals surface area contributed by atoms with Crippen LogP contribution in [0.5, 0.6) is 17.2 Å². The van der Waals surface area contributed by atoms with Crippen molar-refractivity contribution in [3.63, 3.8) is 0 Å².